The van der Waals surface area contributed by atoms with Gasteiger partial charge in [0.2, 0.25) is 0 Å². The summed E-state index contributed by atoms with van der Waals surface area (Å²) in [6.07, 6.45) is 1.45. The van der Waals surface area contributed by atoms with Crippen molar-refractivity contribution in [1.29, 1.82) is 0 Å². The number of amides is 1. The Morgan fingerprint density at radius 3 is 2.68 bits per heavy atom. The number of benzene rings is 1. The smallest absolute Gasteiger partial charge is 0.444 e. The molecule has 1 aromatic carbocycles. The molecule has 0 bridgehead atoms. The van der Waals surface area contributed by atoms with Crippen LogP contribution in [0.3, 0.4) is 0 Å². The number of para-hydroxylation sites is 1. The number of hydrogen-bond acceptors (Lipinski definition) is 9. The number of nitrogens with one attached hydrogen (secondary N) is 1. The lowest BCUT2D eigenvalue weighted by Gasteiger charge is -2.28. The summed E-state index contributed by atoms with van der Waals surface area (Å²) in [6.45, 7) is 6.71. The number of ether oxygens (including phenoxy) is 2. The summed E-state index contributed by atoms with van der Waals surface area (Å²) in [5.74, 6) is 0.633. The highest BCUT2D eigenvalue weighted by atomic mass is 16.9. The second-order valence-corrected chi connectivity index (χ2v) is 9.16. The maximum absolute atomic E-state index is 12.5. The van der Waals surface area contributed by atoms with E-state index >= 15 is 0 Å². The van der Waals surface area contributed by atoms with Crippen LogP contribution in [-0.4, -0.2) is 71.8 Å². The van der Waals surface area contributed by atoms with Crippen molar-refractivity contribution in [3.05, 3.63) is 42.7 Å². The molecular formula is C23H29N5O6. The molecule has 2 aromatic heterocycles. The zero-order valence-corrected chi connectivity index (χ0v) is 19.3. The number of aliphatic hydroxyl groups is 3. The Hall–Kier alpha value is -3.41. The van der Waals surface area contributed by atoms with Gasteiger partial charge in [-0.15, -0.1) is 0 Å². The van der Waals surface area contributed by atoms with Gasteiger partial charge in [-0.3, -0.25) is 0 Å². The van der Waals surface area contributed by atoms with E-state index in [1.165, 1.54) is 6.07 Å². The van der Waals surface area contributed by atoms with Crippen molar-refractivity contribution < 1.29 is 29.6 Å². The van der Waals surface area contributed by atoms with Gasteiger partial charge in [0.25, 0.3) is 0 Å². The number of carbonyl (C=O) groups excluding carboxylic acids is 1. The van der Waals surface area contributed by atoms with Gasteiger partial charge in [0.1, 0.15) is 17.2 Å². The molecule has 0 saturated carbocycles. The second-order valence-electron chi connectivity index (χ2n) is 9.16. The molecule has 11 nitrogen and oxygen atoms in total. The van der Waals surface area contributed by atoms with Crippen molar-refractivity contribution in [2.24, 2.45) is 0 Å². The van der Waals surface area contributed by atoms with Crippen molar-refractivity contribution in [2.75, 3.05) is 18.4 Å². The predicted octanol–water partition coefficient (Wildman–Crippen LogP) is 2.17. The van der Waals surface area contributed by atoms with Crippen LogP contribution in [0.5, 0.6) is 5.75 Å². The van der Waals surface area contributed by atoms with Crippen LogP contribution in [0.25, 0.3) is 16.8 Å². The monoisotopic (exact) mass is 471 g/mol. The average molecular weight is 472 g/mol. The van der Waals surface area contributed by atoms with Gasteiger partial charge >= 0.3 is 12.3 Å². The van der Waals surface area contributed by atoms with Crippen molar-refractivity contribution in [3.63, 3.8) is 0 Å². The maximum atomic E-state index is 12.5. The van der Waals surface area contributed by atoms with Gasteiger partial charge in [-0.05, 0) is 45.7 Å². The van der Waals surface area contributed by atoms with Crippen molar-refractivity contribution in [1.82, 2.24) is 19.5 Å². The van der Waals surface area contributed by atoms with Crippen LogP contribution < -0.4 is 10.1 Å². The molecular weight excluding hydrogens is 442 g/mol. The standard InChI is InChI=1S/C23H29N5O6/c1-22(2,3)34-21(29)27-11-6-7-15(27)13-24-19-10-12-28-20(26-19)17(14-25-28)16-8-4-5-9-18(16)33-23(30,31)32/h4-5,8-10,12,14-15,30-32H,6-7,11,13H2,1-3H3,(H,24,26). The molecule has 4 N–H and O–H groups in total. The van der Waals surface area contributed by atoms with Crippen LogP contribution in [0.1, 0.15) is 33.6 Å². The van der Waals surface area contributed by atoms with E-state index in [2.05, 4.69) is 15.4 Å². The number of hydrogen-bond donors (Lipinski definition) is 4. The zero-order chi connectivity index (χ0) is 24.5. The number of aromatic nitrogens is 3. The van der Waals surface area contributed by atoms with Gasteiger partial charge in [-0.25, -0.2) is 14.3 Å². The Labute approximate surface area is 196 Å². The Balaban J connectivity index is 1.53. The highest BCUT2D eigenvalue weighted by molar-refractivity contribution is 5.81. The number of rotatable bonds is 6. The van der Waals surface area contributed by atoms with Crippen LogP contribution in [0.2, 0.25) is 0 Å². The summed E-state index contributed by atoms with van der Waals surface area (Å²) >= 11 is 0. The molecule has 1 saturated heterocycles. The summed E-state index contributed by atoms with van der Waals surface area (Å²) < 4.78 is 12.0. The fraction of sp³-hybridized carbons (Fsp3) is 0.435. The Morgan fingerprint density at radius 2 is 1.94 bits per heavy atom. The number of anilines is 1. The third-order valence-electron chi connectivity index (χ3n) is 5.32. The molecule has 3 heterocycles. The van der Waals surface area contributed by atoms with Crippen molar-refractivity contribution in [2.45, 2.75) is 51.4 Å². The van der Waals surface area contributed by atoms with Crippen molar-refractivity contribution >= 4 is 17.6 Å². The maximum Gasteiger partial charge on any atom is 0.453 e. The third-order valence-corrected chi connectivity index (χ3v) is 5.32. The lowest BCUT2D eigenvalue weighted by atomic mass is 10.1. The van der Waals surface area contributed by atoms with E-state index in [9.17, 15) is 20.1 Å². The quantitative estimate of drug-likeness (QED) is 0.398. The summed E-state index contributed by atoms with van der Waals surface area (Å²) in [5.41, 5.74) is 0.982. The van der Waals surface area contributed by atoms with E-state index < -0.39 is 11.8 Å². The van der Waals surface area contributed by atoms with Crippen LogP contribution in [0.15, 0.2) is 42.7 Å². The van der Waals surface area contributed by atoms with Gasteiger partial charge in [0, 0.05) is 24.8 Å². The first kappa shape index (κ1) is 23.7. The molecule has 0 radical (unpaired) electrons. The van der Waals surface area contributed by atoms with Gasteiger partial charge in [-0.2, -0.15) is 5.10 Å². The summed E-state index contributed by atoms with van der Waals surface area (Å²) in [4.78, 5) is 18.9. The Bertz CT molecular complexity index is 1170. The molecule has 1 atom stereocenters. The molecule has 34 heavy (non-hydrogen) atoms. The van der Waals surface area contributed by atoms with E-state index in [1.807, 2.05) is 20.8 Å². The molecule has 1 aliphatic heterocycles. The largest absolute Gasteiger partial charge is 0.453 e. The summed E-state index contributed by atoms with van der Waals surface area (Å²) in [7, 11) is 0. The molecule has 1 unspecified atom stereocenters. The zero-order valence-electron chi connectivity index (χ0n) is 19.3. The number of carbonyl (C=O) groups is 1. The first-order chi connectivity index (χ1) is 16.0. The topological polar surface area (TPSA) is 142 Å². The van der Waals surface area contributed by atoms with Crippen molar-refractivity contribution in [3.8, 4) is 16.9 Å². The van der Waals surface area contributed by atoms with E-state index in [0.717, 1.165) is 12.8 Å². The van der Waals surface area contributed by atoms with Crippen LogP contribution in [-0.2, 0) is 4.74 Å². The highest BCUT2D eigenvalue weighted by Crippen LogP contribution is 2.33. The van der Waals surface area contributed by atoms with Crippen LogP contribution in [0.4, 0.5) is 10.6 Å². The minimum Gasteiger partial charge on any atom is -0.444 e. The molecule has 0 spiro atoms. The fourth-order valence-corrected chi connectivity index (χ4v) is 3.91. The Kier molecular flexibility index (Phi) is 6.34. The first-order valence-electron chi connectivity index (χ1n) is 11.0. The van der Waals surface area contributed by atoms with E-state index in [4.69, 9.17) is 9.47 Å². The molecule has 11 heteroatoms. The minimum absolute atomic E-state index is 0.0156. The lowest BCUT2D eigenvalue weighted by molar-refractivity contribution is -0.419. The highest BCUT2D eigenvalue weighted by Gasteiger charge is 2.32. The predicted molar refractivity (Wildman–Crippen MR) is 123 cm³/mol. The first-order valence-corrected chi connectivity index (χ1v) is 11.0. The average Bonchev–Trinajstić information content (AvgIpc) is 3.37. The summed E-state index contributed by atoms with van der Waals surface area (Å²) in [6, 6.07) is 8.32. The molecule has 182 valence electrons. The van der Waals surface area contributed by atoms with E-state index in [-0.39, 0.29) is 17.9 Å². The van der Waals surface area contributed by atoms with E-state index in [1.54, 1.807) is 46.1 Å². The second kappa shape index (κ2) is 9.09. The molecule has 1 amide bonds. The summed E-state index contributed by atoms with van der Waals surface area (Å²) in [5, 5.41) is 35.3. The molecule has 4 rings (SSSR count). The van der Waals surface area contributed by atoms with Crippen LogP contribution in [0, 0.1) is 0 Å². The lowest BCUT2D eigenvalue weighted by Crippen LogP contribution is -2.42. The molecule has 3 aromatic rings. The molecule has 0 aliphatic carbocycles. The van der Waals surface area contributed by atoms with E-state index in [0.29, 0.717) is 35.7 Å². The number of fused-ring (bicyclic) bond motifs is 1. The van der Waals surface area contributed by atoms with Gasteiger partial charge < -0.3 is 35.0 Å². The molecule has 1 aliphatic rings. The molecule has 1 fully saturated rings. The number of nitrogens with zero attached hydrogens (tertiary/aromatic N) is 4. The fourth-order valence-electron chi connectivity index (χ4n) is 3.91. The normalized spacial score (nSPS) is 16.6. The van der Waals surface area contributed by atoms with Gasteiger partial charge in [0.15, 0.2) is 5.65 Å². The van der Waals surface area contributed by atoms with Gasteiger partial charge in [0.05, 0.1) is 17.8 Å². The minimum atomic E-state index is -3.32. The SMILES string of the molecule is CC(C)(C)OC(=O)N1CCCC1CNc1ccn2ncc(-c3ccccc3OC(O)(O)O)c2n1. The third kappa shape index (κ3) is 5.56. The van der Waals surface area contributed by atoms with Gasteiger partial charge in [-0.1, -0.05) is 18.2 Å². The van der Waals surface area contributed by atoms with Crippen LogP contribution >= 0.6 is 0 Å². The number of likely N-dealkylation sites (tertiary alicyclic amines) is 1. The Morgan fingerprint density at radius 1 is 1.18 bits per heavy atom.